The maximum atomic E-state index is 5.68. The summed E-state index contributed by atoms with van der Waals surface area (Å²) in [5.74, 6) is 1.10. The lowest BCUT2D eigenvalue weighted by Gasteiger charge is -2.01. The van der Waals surface area contributed by atoms with Crippen molar-refractivity contribution in [1.29, 1.82) is 0 Å². The van der Waals surface area contributed by atoms with E-state index in [2.05, 4.69) is 35.3 Å². The van der Waals surface area contributed by atoms with E-state index in [1.807, 2.05) is 30.0 Å². The summed E-state index contributed by atoms with van der Waals surface area (Å²) < 4.78 is 2.44. The minimum atomic E-state index is 0.831. The van der Waals surface area contributed by atoms with Crippen LogP contribution < -0.4 is 5.73 Å². The molecule has 0 saturated heterocycles. The Morgan fingerprint density at radius 2 is 1.85 bits per heavy atom. The fraction of sp³-hybridized carbons (Fsp3) is 0.188. The topological polar surface area (TPSA) is 38.9 Å². The smallest absolute Gasteiger partial charge is 0.151 e. The number of rotatable bonds is 5. The van der Waals surface area contributed by atoms with E-state index in [1.54, 1.807) is 11.3 Å². The van der Waals surface area contributed by atoms with Crippen molar-refractivity contribution in [2.24, 2.45) is 0 Å². The van der Waals surface area contributed by atoms with Crippen molar-refractivity contribution >= 4 is 39.0 Å². The van der Waals surface area contributed by atoms with Gasteiger partial charge in [0.15, 0.2) is 4.34 Å². The van der Waals surface area contributed by atoms with Crippen molar-refractivity contribution in [3.05, 3.63) is 54.1 Å². The minimum Gasteiger partial charge on any atom is -0.399 e. The van der Waals surface area contributed by atoms with E-state index in [-0.39, 0.29) is 0 Å². The molecule has 0 aliphatic rings. The summed E-state index contributed by atoms with van der Waals surface area (Å²) >= 11 is 3.63. The van der Waals surface area contributed by atoms with Crippen molar-refractivity contribution in [2.45, 2.75) is 17.2 Å². The largest absolute Gasteiger partial charge is 0.399 e. The molecule has 3 rings (SSSR count). The molecule has 0 spiro atoms. The van der Waals surface area contributed by atoms with Crippen LogP contribution in [0, 0.1) is 0 Å². The first kappa shape index (κ1) is 13.5. The molecule has 0 fully saturated rings. The van der Waals surface area contributed by atoms with Gasteiger partial charge >= 0.3 is 0 Å². The van der Waals surface area contributed by atoms with Gasteiger partial charge in [-0.05, 0) is 42.7 Å². The highest BCUT2D eigenvalue weighted by Crippen LogP contribution is 2.29. The number of aromatic nitrogens is 1. The molecule has 102 valence electrons. The Kier molecular flexibility index (Phi) is 4.23. The van der Waals surface area contributed by atoms with Crippen LogP contribution in [0.5, 0.6) is 0 Å². The highest BCUT2D eigenvalue weighted by molar-refractivity contribution is 8.01. The third-order valence-electron chi connectivity index (χ3n) is 3.09. The molecule has 0 unspecified atom stereocenters. The molecule has 1 heterocycles. The minimum absolute atomic E-state index is 0.831. The lowest BCUT2D eigenvalue weighted by molar-refractivity contribution is 0.933. The van der Waals surface area contributed by atoms with Crippen LogP contribution in [-0.2, 0) is 6.42 Å². The number of hydrogen-bond acceptors (Lipinski definition) is 4. The average Bonchev–Trinajstić information content (AvgIpc) is 2.88. The Labute approximate surface area is 127 Å². The standard InChI is InChI=1S/C16H16N2S2/c17-13-9-7-12(8-10-13)4-3-11-19-16-18-14-5-1-2-6-15(14)20-16/h1-2,5-10H,3-4,11,17H2. The summed E-state index contributed by atoms with van der Waals surface area (Å²) in [7, 11) is 0. The molecule has 1 aromatic heterocycles. The van der Waals surface area contributed by atoms with Gasteiger partial charge in [-0.1, -0.05) is 36.0 Å². The van der Waals surface area contributed by atoms with Crippen LogP contribution in [0.2, 0.25) is 0 Å². The van der Waals surface area contributed by atoms with E-state index in [0.29, 0.717) is 0 Å². The zero-order valence-corrected chi connectivity index (χ0v) is 12.7. The van der Waals surface area contributed by atoms with Gasteiger partial charge in [-0.15, -0.1) is 11.3 Å². The third-order valence-corrected chi connectivity index (χ3v) is 5.35. The van der Waals surface area contributed by atoms with Crippen molar-refractivity contribution in [3.8, 4) is 0 Å². The Hall–Kier alpha value is -1.52. The number of nitrogens with zero attached hydrogens (tertiary/aromatic N) is 1. The van der Waals surface area contributed by atoms with Crippen LogP contribution in [0.3, 0.4) is 0 Å². The Morgan fingerprint density at radius 1 is 1.05 bits per heavy atom. The fourth-order valence-corrected chi connectivity index (χ4v) is 4.11. The normalized spacial score (nSPS) is 11.0. The molecule has 0 aliphatic carbocycles. The van der Waals surface area contributed by atoms with Crippen LogP contribution in [0.4, 0.5) is 5.69 Å². The molecule has 0 atom stereocenters. The van der Waals surface area contributed by atoms with Crippen molar-refractivity contribution in [1.82, 2.24) is 4.98 Å². The predicted molar refractivity (Wildman–Crippen MR) is 89.5 cm³/mol. The Balaban J connectivity index is 1.51. The van der Waals surface area contributed by atoms with Crippen molar-refractivity contribution in [3.63, 3.8) is 0 Å². The van der Waals surface area contributed by atoms with Gasteiger partial charge < -0.3 is 5.73 Å². The SMILES string of the molecule is Nc1ccc(CCCSc2nc3ccccc3s2)cc1. The quantitative estimate of drug-likeness (QED) is 0.425. The molecule has 0 saturated carbocycles. The molecule has 4 heteroatoms. The van der Waals surface area contributed by atoms with Crippen LogP contribution in [0.1, 0.15) is 12.0 Å². The first-order valence-electron chi connectivity index (χ1n) is 6.64. The van der Waals surface area contributed by atoms with Gasteiger partial charge in [0, 0.05) is 11.4 Å². The molecule has 0 radical (unpaired) electrons. The first-order valence-corrected chi connectivity index (χ1v) is 8.44. The van der Waals surface area contributed by atoms with Crippen LogP contribution >= 0.6 is 23.1 Å². The monoisotopic (exact) mass is 300 g/mol. The molecule has 2 aromatic carbocycles. The summed E-state index contributed by atoms with van der Waals surface area (Å²) in [5, 5.41) is 0. The summed E-state index contributed by atoms with van der Waals surface area (Å²) in [6, 6.07) is 16.5. The number of nitrogens with two attached hydrogens (primary N) is 1. The zero-order valence-electron chi connectivity index (χ0n) is 11.1. The summed E-state index contributed by atoms with van der Waals surface area (Å²) in [5.41, 5.74) is 8.98. The Bertz CT molecular complexity index is 656. The number of thiazole rings is 1. The van der Waals surface area contributed by atoms with Gasteiger partial charge in [0.2, 0.25) is 0 Å². The van der Waals surface area contributed by atoms with Crippen molar-refractivity contribution < 1.29 is 0 Å². The second-order valence-electron chi connectivity index (χ2n) is 4.64. The van der Waals surface area contributed by atoms with E-state index in [9.17, 15) is 0 Å². The molecule has 0 amide bonds. The van der Waals surface area contributed by atoms with Gasteiger partial charge in [-0.25, -0.2) is 4.98 Å². The lowest BCUT2D eigenvalue weighted by Crippen LogP contribution is -1.89. The van der Waals surface area contributed by atoms with Gasteiger partial charge in [-0.3, -0.25) is 0 Å². The zero-order chi connectivity index (χ0) is 13.8. The summed E-state index contributed by atoms with van der Waals surface area (Å²) in [6.07, 6.45) is 2.25. The number of benzene rings is 2. The molecular formula is C16H16N2S2. The van der Waals surface area contributed by atoms with Gasteiger partial charge in [0.25, 0.3) is 0 Å². The van der Waals surface area contributed by atoms with Crippen LogP contribution in [0.25, 0.3) is 10.2 Å². The van der Waals surface area contributed by atoms with E-state index >= 15 is 0 Å². The van der Waals surface area contributed by atoms with Crippen LogP contribution in [-0.4, -0.2) is 10.7 Å². The molecular weight excluding hydrogens is 284 g/mol. The second kappa shape index (κ2) is 6.29. The first-order chi connectivity index (χ1) is 9.81. The van der Waals surface area contributed by atoms with Gasteiger partial charge in [-0.2, -0.15) is 0 Å². The fourth-order valence-electron chi connectivity index (χ4n) is 2.03. The van der Waals surface area contributed by atoms with Gasteiger partial charge in [0.05, 0.1) is 10.2 Å². The number of nitrogen functional groups attached to an aromatic ring is 1. The number of para-hydroxylation sites is 1. The maximum absolute atomic E-state index is 5.68. The molecule has 2 N–H and O–H groups in total. The maximum Gasteiger partial charge on any atom is 0.151 e. The molecule has 0 bridgehead atoms. The molecule has 2 nitrogen and oxygen atoms in total. The highest BCUT2D eigenvalue weighted by atomic mass is 32.2. The Morgan fingerprint density at radius 3 is 2.65 bits per heavy atom. The van der Waals surface area contributed by atoms with E-state index < -0.39 is 0 Å². The predicted octanol–water partition coefficient (Wildman–Crippen LogP) is 4.60. The lowest BCUT2D eigenvalue weighted by atomic mass is 10.1. The van der Waals surface area contributed by atoms with E-state index in [4.69, 9.17) is 5.73 Å². The van der Waals surface area contributed by atoms with Crippen molar-refractivity contribution in [2.75, 3.05) is 11.5 Å². The summed E-state index contributed by atoms with van der Waals surface area (Å²) in [6.45, 7) is 0. The van der Waals surface area contributed by atoms with E-state index in [0.717, 1.165) is 29.8 Å². The highest BCUT2D eigenvalue weighted by Gasteiger charge is 2.03. The molecule has 3 aromatic rings. The number of fused-ring (bicyclic) bond motifs is 1. The number of hydrogen-bond donors (Lipinski definition) is 1. The second-order valence-corrected chi connectivity index (χ2v) is 7.01. The number of thioether (sulfide) groups is 1. The summed E-state index contributed by atoms with van der Waals surface area (Å²) in [4.78, 5) is 4.63. The third kappa shape index (κ3) is 3.32. The number of anilines is 1. The molecule has 0 aliphatic heterocycles. The molecule has 20 heavy (non-hydrogen) atoms. The van der Waals surface area contributed by atoms with Gasteiger partial charge in [0.1, 0.15) is 0 Å². The van der Waals surface area contributed by atoms with E-state index in [1.165, 1.54) is 14.6 Å². The average molecular weight is 300 g/mol. The van der Waals surface area contributed by atoms with Crippen LogP contribution in [0.15, 0.2) is 52.9 Å². The number of aryl methyl sites for hydroxylation is 1.